The molecule has 9 nitrogen and oxygen atoms in total. The molecule has 33 heavy (non-hydrogen) atoms. The standard InChI is InChI=1S/C24H25N3O6/c1-14(2)8-11-19(33-24(28)18-7-5-6-12-25-18)15-13-20(31-3)21-16(26-29)9-10-17(27-30)22(21)23(15)32-4/h5-10,12-13,19,29-30H,11H2,1-4H3/b26-16+,27-17+. The molecule has 2 aromatic rings. The van der Waals surface area contributed by atoms with Gasteiger partial charge in [0.2, 0.25) is 0 Å². The predicted octanol–water partition coefficient (Wildman–Crippen LogP) is 4.28. The summed E-state index contributed by atoms with van der Waals surface area (Å²) in [6, 6.07) is 6.63. The van der Waals surface area contributed by atoms with Crippen molar-refractivity contribution in [1.82, 2.24) is 4.98 Å². The van der Waals surface area contributed by atoms with Crippen LogP contribution in [0, 0.1) is 0 Å². The fraction of sp³-hybridized carbons (Fsp3) is 0.250. The first kappa shape index (κ1) is 23.5. The third kappa shape index (κ3) is 4.87. The summed E-state index contributed by atoms with van der Waals surface area (Å²) >= 11 is 0. The Bertz CT molecular complexity index is 1150. The van der Waals surface area contributed by atoms with Crippen LogP contribution in [0.25, 0.3) is 0 Å². The number of pyridine rings is 1. The summed E-state index contributed by atoms with van der Waals surface area (Å²) in [4.78, 5) is 16.9. The molecule has 0 bridgehead atoms. The lowest BCUT2D eigenvalue weighted by Gasteiger charge is -2.25. The van der Waals surface area contributed by atoms with Gasteiger partial charge in [-0.05, 0) is 44.2 Å². The minimum Gasteiger partial charge on any atom is -0.496 e. The number of oxime groups is 2. The molecule has 3 rings (SSSR count). The summed E-state index contributed by atoms with van der Waals surface area (Å²) in [5.74, 6) is 0.0234. The van der Waals surface area contributed by atoms with E-state index < -0.39 is 12.1 Å². The molecule has 0 spiro atoms. The molecule has 0 amide bonds. The first-order chi connectivity index (χ1) is 15.9. The van der Waals surface area contributed by atoms with Gasteiger partial charge in [-0.3, -0.25) is 0 Å². The number of fused-ring (bicyclic) bond motifs is 1. The minimum atomic E-state index is -0.774. The number of esters is 1. The molecule has 0 saturated carbocycles. The Morgan fingerprint density at radius 3 is 2.33 bits per heavy atom. The molecule has 0 saturated heterocycles. The molecule has 1 unspecified atom stereocenters. The molecule has 1 heterocycles. The van der Waals surface area contributed by atoms with E-state index in [1.54, 1.807) is 24.3 Å². The number of benzene rings is 1. The molecule has 1 aliphatic rings. The molecule has 172 valence electrons. The van der Waals surface area contributed by atoms with Crippen molar-refractivity contribution in [2.75, 3.05) is 14.2 Å². The smallest absolute Gasteiger partial charge is 0.357 e. The molecule has 0 radical (unpaired) electrons. The molecular weight excluding hydrogens is 426 g/mol. The van der Waals surface area contributed by atoms with Crippen LogP contribution in [0.5, 0.6) is 11.5 Å². The highest BCUT2D eigenvalue weighted by molar-refractivity contribution is 6.27. The second-order valence-electron chi connectivity index (χ2n) is 7.38. The number of methoxy groups -OCH3 is 2. The highest BCUT2D eigenvalue weighted by Gasteiger charge is 2.32. The van der Waals surface area contributed by atoms with E-state index in [1.807, 2.05) is 19.9 Å². The van der Waals surface area contributed by atoms with E-state index in [9.17, 15) is 15.2 Å². The predicted molar refractivity (Wildman–Crippen MR) is 122 cm³/mol. The Kier molecular flexibility index (Phi) is 7.45. The van der Waals surface area contributed by atoms with Crippen LogP contribution in [0.4, 0.5) is 0 Å². The van der Waals surface area contributed by atoms with E-state index in [0.29, 0.717) is 34.6 Å². The first-order valence-electron chi connectivity index (χ1n) is 10.1. The van der Waals surface area contributed by atoms with E-state index in [2.05, 4.69) is 15.3 Å². The van der Waals surface area contributed by atoms with Crippen molar-refractivity contribution in [3.05, 3.63) is 76.6 Å². The summed E-state index contributed by atoms with van der Waals surface area (Å²) in [5, 5.41) is 25.8. The molecule has 2 N–H and O–H groups in total. The van der Waals surface area contributed by atoms with Gasteiger partial charge in [-0.25, -0.2) is 9.78 Å². The second kappa shape index (κ2) is 10.4. The summed E-state index contributed by atoms with van der Waals surface area (Å²) < 4.78 is 17.1. The molecule has 0 aliphatic heterocycles. The molecule has 9 heteroatoms. The normalized spacial score (nSPS) is 15.6. The molecule has 1 aromatic carbocycles. The first-order valence-corrected chi connectivity index (χ1v) is 10.1. The fourth-order valence-corrected chi connectivity index (χ4v) is 3.52. The highest BCUT2D eigenvalue weighted by Crippen LogP contribution is 2.42. The van der Waals surface area contributed by atoms with Gasteiger partial charge in [0, 0.05) is 18.2 Å². The van der Waals surface area contributed by atoms with Crippen LogP contribution in [-0.4, -0.2) is 47.0 Å². The monoisotopic (exact) mass is 451 g/mol. The van der Waals surface area contributed by atoms with E-state index in [0.717, 1.165) is 5.57 Å². The van der Waals surface area contributed by atoms with Crippen molar-refractivity contribution in [1.29, 1.82) is 0 Å². The highest BCUT2D eigenvalue weighted by atomic mass is 16.5. The number of hydrogen-bond donors (Lipinski definition) is 2. The Labute approximate surface area is 191 Å². The van der Waals surface area contributed by atoms with Gasteiger partial charge >= 0.3 is 5.97 Å². The number of carbonyl (C=O) groups is 1. The maximum atomic E-state index is 12.8. The fourth-order valence-electron chi connectivity index (χ4n) is 3.52. The molecule has 0 fully saturated rings. The number of rotatable bonds is 7. The number of nitrogens with zero attached hydrogens (tertiary/aromatic N) is 3. The van der Waals surface area contributed by atoms with Crippen LogP contribution < -0.4 is 9.47 Å². The van der Waals surface area contributed by atoms with E-state index in [4.69, 9.17) is 14.2 Å². The van der Waals surface area contributed by atoms with Gasteiger partial charge in [0.1, 0.15) is 34.7 Å². The van der Waals surface area contributed by atoms with Gasteiger partial charge in [0.05, 0.1) is 25.3 Å². The van der Waals surface area contributed by atoms with Gasteiger partial charge in [-0.1, -0.05) is 28.0 Å². The lowest BCUT2D eigenvalue weighted by molar-refractivity contribution is 0.0290. The molecule has 1 aromatic heterocycles. The van der Waals surface area contributed by atoms with Gasteiger partial charge in [-0.15, -0.1) is 0 Å². The van der Waals surface area contributed by atoms with E-state index in [1.165, 1.54) is 32.6 Å². The van der Waals surface area contributed by atoms with Gasteiger partial charge in [0.15, 0.2) is 0 Å². The Balaban J connectivity index is 2.21. The zero-order valence-corrected chi connectivity index (χ0v) is 18.8. The Morgan fingerprint density at radius 1 is 1.09 bits per heavy atom. The second-order valence-corrected chi connectivity index (χ2v) is 7.38. The van der Waals surface area contributed by atoms with Crippen LogP contribution >= 0.6 is 0 Å². The van der Waals surface area contributed by atoms with Crippen molar-refractivity contribution in [2.24, 2.45) is 10.3 Å². The number of carbonyl (C=O) groups excluding carboxylic acids is 1. The quantitative estimate of drug-likeness (QED) is 0.279. The third-order valence-corrected chi connectivity index (χ3v) is 5.03. The number of allylic oxidation sites excluding steroid dienone is 3. The molecular formula is C24H25N3O6. The van der Waals surface area contributed by atoms with Crippen molar-refractivity contribution >= 4 is 17.4 Å². The largest absolute Gasteiger partial charge is 0.496 e. The Morgan fingerprint density at radius 2 is 1.79 bits per heavy atom. The van der Waals surface area contributed by atoms with Crippen LogP contribution in [0.3, 0.4) is 0 Å². The van der Waals surface area contributed by atoms with Crippen molar-refractivity contribution in [3.63, 3.8) is 0 Å². The van der Waals surface area contributed by atoms with Gasteiger partial charge < -0.3 is 24.6 Å². The maximum absolute atomic E-state index is 12.8. The average Bonchev–Trinajstić information content (AvgIpc) is 2.84. The minimum absolute atomic E-state index is 0.166. The maximum Gasteiger partial charge on any atom is 0.357 e. The zero-order valence-electron chi connectivity index (χ0n) is 18.8. The van der Waals surface area contributed by atoms with E-state index in [-0.39, 0.29) is 17.1 Å². The summed E-state index contributed by atoms with van der Waals surface area (Å²) in [7, 11) is 2.91. The third-order valence-electron chi connectivity index (χ3n) is 5.03. The van der Waals surface area contributed by atoms with Crippen LogP contribution in [0.1, 0.15) is 53.6 Å². The molecule has 1 atom stereocenters. The van der Waals surface area contributed by atoms with Crippen molar-refractivity contribution in [3.8, 4) is 11.5 Å². The Hall–Kier alpha value is -4.14. The number of ether oxygens (including phenoxy) is 3. The lowest BCUT2D eigenvalue weighted by atomic mass is 9.88. The average molecular weight is 451 g/mol. The summed E-state index contributed by atoms with van der Waals surface area (Å²) in [6.07, 6.45) is 5.99. The van der Waals surface area contributed by atoms with Crippen molar-refractivity contribution < 1.29 is 29.4 Å². The summed E-state index contributed by atoms with van der Waals surface area (Å²) in [6.45, 7) is 3.88. The van der Waals surface area contributed by atoms with Gasteiger partial charge in [0.25, 0.3) is 0 Å². The SMILES string of the molecule is COc1cc(C(CC=C(C)C)OC(=O)c2ccccn2)c(OC)c2c1/C(=N/O)C=C/C2=N\O. The summed E-state index contributed by atoms with van der Waals surface area (Å²) in [5.41, 5.74) is 2.79. The number of hydrogen-bond acceptors (Lipinski definition) is 9. The lowest BCUT2D eigenvalue weighted by Crippen LogP contribution is -2.20. The van der Waals surface area contributed by atoms with Gasteiger partial charge in [-0.2, -0.15) is 0 Å². The van der Waals surface area contributed by atoms with Crippen LogP contribution in [0.2, 0.25) is 0 Å². The van der Waals surface area contributed by atoms with Crippen molar-refractivity contribution in [2.45, 2.75) is 26.4 Å². The topological polar surface area (TPSA) is 123 Å². The van der Waals surface area contributed by atoms with Crippen LogP contribution in [0.15, 0.2) is 64.6 Å². The van der Waals surface area contributed by atoms with E-state index >= 15 is 0 Å². The molecule has 1 aliphatic carbocycles. The zero-order chi connectivity index (χ0) is 24.0. The number of aromatic nitrogens is 1. The van der Waals surface area contributed by atoms with Crippen LogP contribution in [-0.2, 0) is 4.74 Å².